The maximum Gasteiger partial charge on any atom is 0.351 e. The summed E-state index contributed by atoms with van der Waals surface area (Å²) in [6.07, 6.45) is 2.83. The molecule has 1 aromatic heterocycles. The largest absolute Gasteiger partial charge is 0.507 e. The van der Waals surface area contributed by atoms with Crippen LogP contribution < -0.4 is 5.63 Å². The first kappa shape index (κ1) is 14.5. The van der Waals surface area contributed by atoms with E-state index in [1.807, 2.05) is 24.3 Å². The standard InChI is InChI=1S/C15H11IO4/c1-9-7-13(18)14(15(19)20-9)12(17)6-5-10-3-2-4-11(16)8-10/h2-8,18H,1H3. The molecule has 0 atom stereocenters. The van der Waals surface area contributed by atoms with Gasteiger partial charge in [0.25, 0.3) is 0 Å². The summed E-state index contributed by atoms with van der Waals surface area (Å²) in [7, 11) is 0. The molecule has 0 fully saturated rings. The molecule has 0 aliphatic heterocycles. The summed E-state index contributed by atoms with van der Waals surface area (Å²) < 4.78 is 5.85. The van der Waals surface area contributed by atoms with Gasteiger partial charge in [-0.05, 0) is 53.3 Å². The average molecular weight is 382 g/mol. The Kier molecular flexibility index (Phi) is 4.39. The fourth-order valence-electron chi connectivity index (χ4n) is 1.69. The SMILES string of the molecule is Cc1cc(O)c(C(=O)C=Cc2cccc(I)c2)c(=O)o1. The zero-order valence-electron chi connectivity index (χ0n) is 10.6. The van der Waals surface area contributed by atoms with Gasteiger partial charge in [0.05, 0.1) is 0 Å². The van der Waals surface area contributed by atoms with E-state index in [2.05, 4.69) is 22.6 Å². The lowest BCUT2D eigenvalue weighted by atomic mass is 10.1. The summed E-state index contributed by atoms with van der Waals surface area (Å²) in [5, 5.41) is 9.67. The Hall–Kier alpha value is -1.89. The van der Waals surface area contributed by atoms with E-state index in [0.29, 0.717) is 0 Å². The molecule has 102 valence electrons. The van der Waals surface area contributed by atoms with Crippen LogP contribution in [-0.4, -0.2) is 10.9 Å². The highest BCUT2D eigenvalue weighted by Crippen LogP contribution is 2.16. The zero-order chi connectivity index (χ0) is 14.7. The van der Waals surface area contributed by atoms with E-state index in [1.54, 1.807) is 6.08 Å². The molecule has 1 aromatic carbocycles. The topological polar surface area (TPSA) is 67.5 Å². The van der Waals surface area contributed by atoms with Gasteiger partial charge in [0.1, 0.15) is 17.1 Å². The fraction of sp³-hybridized carbons (Fsp3) is 0.0667. The predicted octanol–water partition coefficient (Wildman–Crippen LogP) is 3.15. The molecule has 5 heteroatoms. The smallest absolute Gasteiger partial charge is 0.351 e. The highest BCUT2D eigenvalue weighted by Gasteiger charge is 2.15. The number of ketones is 1. The first-order chi connectivity index (χ1) is 9.47. The van der Waals surface area contributed by atoms with Gasteiger partial charge in [0.15, 0.2) is 5.78 Å². The number of carbonyl (C=O) groups is 1. The Morgan fingerprint density at radius 3 is 2.75 bits per heavy atom. The predicted molar refractivity (Wildman–Crippen MR) is 83.9 cm³/mol. The molecular weight excluding hydrogens is 371 g/mol. The number of aromatic hydroxyl groups is 1. The number of halogens is 1. The molecule has 0 bridgehead atoms. The van der Waals surface area contributed by atoms with Crippen molar-refractivity contribution < 1.29 is 14.3 Å². The van der Waals surface area contributed by atoms with Crippen molar-refractivity contribution in [3.05, 3.63) is 67.3 Å². The van der Waals surface area contributed by atoms with Crippen molar-refractivity contribution in [3.63, 3.8) is 0 Å². The third-order valence-corrected chi connectivity index (χ3v) is 3.25. The fourth-order valence-corrected chi connectivity index (χ4v) is 2.26. The Morgan fingerprint density at radius 1 is 1.35 bits per heavy atom. The minimum atomic E-state index is -0.834. The van der Waals surface area contributed by atoms with Crippen LogP contribution in [-0.2, 0) is 0 Å². The third-order valence-electron chi connectivity index (χ3n) is 2.58. The van der Waals surface area contributed by atoms with Crippen LogP contribution in [0.2, 0.25) is 0 Å². The summed E-state index contributed by atoms with van der Waals surface area (Å²) in [5.74, 6) is -0.697. The molecule has 2 aromatic rings. The molecule has 0 aliphatic carbocycles. The number of carbonyl (C=O) groups excluding carboxylic acids is 1. The molecule has 0 aliphatic rings. The highest BCUT2D eigenvalue weighted by atomic mass is 127. The Bertz CT molecular complexity index is 744. The number of benzene rings is 1. The summed E-state index contributed by atoms with van der Waals surface area (Å²) in [6, 6.07) is 8.77. The molecule has 0 spiro atoms. The first-order valence-electron chi connectivity index (χ1n) is 5.79. The Balaban J connectivity index is 2.32. The molecule has 2 rings (SSSR count). The lowest BCUT2D eigenvalue weighted by Crippen LogP contribution is -2.12. The summed E-state index contributed by atoms with van der Waals surface area (Å²) in [5.41, 5.74) is -0.349. The molecule has 1 heterocycles. The molecule has 20 heavy (non-hydrogen) atoms. The molecule has 4 nitrogen and oxygen atoms in total. The van der Waals surface area contributed by atoms with Crippen LogP contribution in [0.3, 0.4) is 0 Å². The van der Waals surface area contributed by atoms with Crippen LogP contribution in [0.15, 0.2) is 45.6 Å². The number of hydrogen-bond donors (Lipinski definition) is 1. The lowest BCUT2D eigenvalue weighted by Gasteiger charge is -2.00. The summed E-state index contributed by atoms with van der Waals surface area (Å²) in [4.78, 5) is 23.5. The number of hydrogen-bond acceptors (Lipinski definition) is 4. The van der Waals surface area contributed by atoms with Gasteiger partial charge in [-0.1, -0.05) is 18.2 Å². The monoisotopic (exact) mass is 382 g/mol. The minimum absolute atomic E-state index is 0.255. The number of rotatable bonds is 3. The summed E-state index contributed by atoms with van der Waals surface area (Å²) >= 11 is 2.16. The second-order valence-corrected chi connectivity index (χ2v) is 5.40. The highest BCUT2D eigenvalue weighted by molar-refractivity contribution is 14.1. The number of allylic oxidation sites excluding steroid dienone is 1. The third kappa shape index (κ3) is 3.36. The van der Waals surface area contributed by atoms with Crippen LogP contribution >= 0.6 is 22.6 Å². The zero-order valence-corrected chi connectivity index (χ0v) is 12.7. The molecule has 0 saturated heterocycles. The van der Waals surface area contributed by atoms with Crippen molar-refractivity contribution in [1.29, 1.82) is 0 Å². The van der Waals surface area contributed by atoms with Crippen molar-refractivity contribution in [2.75, 3.05) is 0 Å². The quantitative estimate of drug-likeness (QED) is 0.503. The van der Waals surface area contributed by atoms with Gasteiger partial charge in [-0.25, -0.2) is 4.79 Å². The van der Waals surface area contributed by atoms with Gasteiger partial charge in [-0.2, -0.15) is 0 Å². The van der Waals surface area contributed by atoms with Crippen LogP contribution in [0, 0.1) is 10.5 Å². The normalized spacial score (nSPS) is 10.9. The van der Waals surface area contributed by atoms with Crippen molar-refractivity contribution in [3.8, 4) is 5.75 Å². The Morgan fingerprint density at radius 2 is 2.10 bits per heavy atom. The van der Waals surface area contributed by atoms with E-state index in [4.69, 9.17) is 4.42 Å². The second kappa shape index (κ2) is 6.04. The van der Waals surface area contributed by atoms with E-state index in [0.717, 1.165) is 9.13 Å². The van der Waals surface area contributed by atoms with Crippen molar-refractivity contribution in [1.82, 2.24) is 0 Å². The van der Waals surface area contributed by atoms with Gasteiger partial charge in [-0.15, -0.1) is 0 Å². The van der Waals surface area contributed by atoms with E-state index >= 15 is 0 Å². The van der Waals surface area contributed by atoms with E-state index < -0.39 is 11.4 Å². The van der Waals surface area contributed by atoms with Crippen LogP contribution in [0.25, 0.3) is 6.08 Å². The van der Waals surface area contributed by atoms with Gasteiger partial charge in [0, 0.05) is 9.64 Å². The van der Waals surface area contributed by atoms with Crippen LogP contribution in [0.5, 0.6) is 5.75 Å². The number of aryl methyl sites for hydroxylation is 1. The van der Waals surface area contributed by atoms with Crippen molar-refractivity contribution in [2.24, 2.45) is 0 Å². The van der Waals surface area contributed by atoms with Gasteiger partial charge in [-0.3, -0.25) is 4.79 Å². The van der Waals surface area contributed by atoms with E-state index in [9.17, 15) is 14.7 Å². The molecule has 1 N–H and O–H groups in total. The van der Waals surface area contributed by atoms with E-state index in [1.165, 1.54) is 19.1 Å². The first-order valence-corrected chi connectivity index (χ1v) is 6.87. The molecule has 0 saturated carbocycles. The minimum Gasteiger partial charge on any atom is -0.507 e. The summed E-state index contributed by atoms with van der Waals surface area (Å²) in [6.45, 7) is 1.52. The van der Waals surface area contributed by atoms with Gasteiger partial charge < -0.3 is 9.52 Å². The average Bonchev–Trinajstić information content (AvgIpc) is 2.35. The molecule has 0 unspecified atom stereocenters. The molecule has 0 radical (unpaired) electrons. The van der Waals surface area contributed by atoms with Crippen molar-refractivity contribution in [2.45, 2.75) is 6.92 Å². The van der Waals surface area contributed by atoms with Gasteiger partial charge in [0.2, 0.25) is 0 Å². The van der Waals surface area contributed by atoms with E-state index in [-0.39, 0.29) is 17.1 Å². The molecule has 0 amide bonds. The second-order valence-electron chi connectivity index (χ2n) is 4.16. The van der Waals surface area contributed by atoms with Crippen LogP contribution in [0.1, 0.15) is 21.7 Å². The van der Waals surface area contributed by atoms with Gasteiger partial charge >= 0.3 is 5.63 Å². The Labute approximate surface area is 128 Å². The lowest BCUT2D eigenvalue weighted by molar-refractivity contribution is 0.104. The maximum atomic E-state index is 11.9. The van der Waals surface area contributed by atoms with Crippen molar-refractivity contribution >= 4 is 34.5 Å². The molecular formula is C15H11IO4. The van der Waals surface area contributed by atoms with Crippen LogP contribution in [0.4, 0.5) is 0 Å². The maximum absolute atomic E-state index is 11.9.